The van der Waals surface area contributed by atoms with Gasteiger partial charge in [-0.2, -0.15) is 0 Å². The maximum Gasteiger partial charge on any atom is 0.131 e. The van der Waals surface area contributed by atoms with Crippen molar-refractivity contribution in [2.24, 2.45) is 0 Å². The van der Waals surface area contributed by atoms with E-state index in [4.69, 9.17) is 0 Å². The number of thiazole rings is 1. The standard InChI is InChI=1S/C19H21N5S/c1-14(24-7-5-23(2)6-8-24)22-19-10-17-9-15(18-12-20-13-25-18)3-4-16(17)11-21-19/h3-4,9-13H,1,5-8H2,2H3,(H,21,22). The summed E-state index contributed by atoms with van der Waals surface area (Å²) in [6, 6.07) is 8.50. The van der Waals surface area contributed by atoms with Crippen LogP contribution in [0.1, 0.15) is 0 Å². The highest BCUT2D eigenvalue weighted by atomic mass is 32.1. The fourth-order valence-corrected chi connectivity index (χ4v) is 3.64. The molecule has 0 unspecified atom stereocenters. The number of piperazine rings is 1. The summed E-state index contributed by atoms with van der Waals surface area (Å²) in [5, 5.41) is 5.66. The molecular weight excluding hydrogens is 330 g/mol. The molecule has 6 heteroatoms. The van der Waals surface area contributed by atoms with Gasteiger partial charge in [-0.1, -0.05) is 18.7 Å². The van der Waals surface area contributed by atoms with E-state index in [2.05, 4.69) is 63.0 Å². The van der Waals surface area contributed by atoms with Crippen LogP contribution in [-0.2, 0) is 0 Å². The zero-order valence-electron chi connectivity index (χ0n) is 14.3. The first-order chi connectivity index (χ1) is 12.2. The summed E-state index contributed by atoms with van der Waals surface area (Å²) in [4.78, 5) is 14.5. The van der Waals surface area contributed by atoms with Crippen LogP contribution >= 0.6 is 11.3 Å². The zero-order chi connectivity index (χ0) is 17.2. The summed E-state index contributed by atoms with van der Waals surface area (Å²) < 4.78 is 0. The molecule has 5 nitrogen and oxygen atoms in total. The Morgan fingerprint density at radius 2 is 1.96 bits per heavy atom. The van der Waals surface area contributed by atoms with Crippen molar-refractivity contribution in [3.05, 3.63) is 54.6 Å². The van der Waals surface area contributed by atoms with Gasteiger partial charge in [-0.05, 0) is 30.1 Å². The van der Waals surface area contributed by atoms with Crippen molar-refractivity contribution in [1.29, 1.82) is 0 Å². The van der Waals surface area contributed by atoms with Crippen LogP contribution in [-0.4, -0.2) is 53.0 Å². The summed E-state index contributed by atoms with van der Waals surface area (Å²) in [6.07, 6.45) is 3.81. The van der Waals surface area contributed by atoms with Gasteiger partial charge in [-0.3, -0.25) is 4.98 Å². The number of benzene rings is 1. The molecule has 0 spiro atoms. The van der Waals surface area contributed by atoms with Crippen LogP contribution in [0.15, 0.2) is 54.6 Å². The highest BCUT2D eigenvalue weighted by molar-refractivity contribution is 7.13. The van der Waals surface area contributed by atoms with Crippen molar-refractivity contribution in [2.75, 3.05) is 38.5 Å². The van der Waals surface area contributed by atoms with Gasteiger partial charge in [0.15, 0.2) is 0 Å². The first kappa shape index (κ1) is 16.1. The van der Waals surface area contributed by atoms with Crippen molar-refractivity contribution in [1.82, 2.24) is 19.8 Å². The van der Waals surface area contributed by atoms with E-state index >= 15 is 0 Å². The fraction of sp³-hybridized carbons (Fsp3) is 0.263. The van der Waals surface area contributed by atoms with Crippen LogP contribution in [0.25, 0.3) is 21.2 Å². The van der Waals surface area contributed by atoms with Gasteiger partial charge in [-0.15, -0.1) is 11.3 Å². The van der Waals surface area contributed by atoms with Crippen molar-refractivity contribution < 1.29 is 0 Å². The topological polar surface area (TPSA) is 44.3 Å². The molecule has 0 radical (unpaired) electrons. The molecule has 0 saturated carbocycles. The second kappa shape index (κ2) is 6.82. The van der Waals surface area contributed by atoms with Crippen molar-refractivity contribution >= 4 is 27.9 Å². The molecule has 3 heterocycles. The molecule has 1 N–H and O–H groups in total. The summed E-state index contributed by atoms with van der Waals surface area (Å²) in [5.74, 6) is 1.75. The number of hydrogen-bond acceptors (Lipinski definition) is 6. The highest BCUT2D eigenvalue weighted by Crippen LogP contribution is 2.28. The van der Waals surface area contributed by atoms with E-state index in [-0.39, 0.29) is 0 Å². The third-order valence-electron chi connectivity index (χ3n) is 4.60. The van der Waals surface area contributed by atoms with E-state index in [0.717, 1.165) is 48.6 Å². The predicted octanol–water partition coefficient (Wildman–Crippen LogP) is 3.49. The molecule has 128 valence electrons. The average Bonchev–Trinajstić information content (AvgIpc) is 3.16. The number of pyridine rings is 1. The largest absolute Gasteiger partial charge is 0.356 e. The maximum absolute atomic E-state index is 4.53. The van der Waals surface area contributed by atoms with Crippen molar-refractivity contribution in [2.45, 2.75) is 0 Å². The first-order valence-corrected chi connectivity index (χ1v) is 9.25. The molecule has 1 aliphatic rings. The quantitative estimate of drug-likeness (QED) is 0.779. The summed E-state index contributed by atoms with van der Waals surface area (Å²) in [5.41, 5.74) is 3.05. The molecule has 1 aliphatic heterocycles. The number of fused-ring (bicyclic) bond motifs is 1. The first-order valence-electron chi connectivity index (χ1n) is 8.37. The van der Waals surface area contributed by atoms with Crippen LogP contribution in [0.4, 0.5) is 5.82 Å². The Morgan fingerprint density at radius 1 is 1.12 bits per heavy atom. The van der Waals surface area contributed by atoms with E-state index in [9.17, 15) is 0 Å². The Hall–Kier alpha value is -2.44. The molecule has 25 heavy (non-hydrogen) atoms. The smallest absolute Gasteiger partial charge is 0.131 e. The van der Waals surface area contributed by atoms with E-state index in [0.29, 0.717) is 0 Å². The van der Waals surface area contributed by atoms with E-state index in [1.165, 1.54) is 10.4 Å². The summed E-state index contributed by atoms with van der Waals surface area (Å²) in [7, 11) is 2.15. The number of nitrogens with one attached hydrogen (secondary N) is 1. The minimum atomic E-state index is 0.831. The van der Waals surface area contributed by atoms with Gasteiger partial charge in [0.1, 0.15) is 5.82 Å². The van der Waals surface area contributed by atoms with Gasteiger partial charge in [0, 0.05) is 44.0 Å². The third kappa shape index (κ3) is 3.50. The lowest BCUT2D eigenvalue weighted by atomic mass is 10.1. The molecule has 3 aromatic rings. The molecule has 1 saturated heterocycles. The number of nitrogens with zero attached hydrogens (tertiary/aromatic N) is 4. The molecule has 1 aromatic carbocycles. The monoisotopic (exact) mass is 351 g/mol. The lowest BCUT2D eigenvalue weighted by Crippen LogP contribution is -2.44. The molecule has 0 atom stereocenters. The lowest BCUT2D eigenvalue weighted by Gasteiger charge is -2.35. The SMILES string of the molecule is C=C(Nc1cc2cc(-c3cncs3)ccc2cn1)N1CCN(C)CC1. The van der Waals surface area contributed by atoms with Gasteiger partial charge in [0.05, 0.1) is 16.2 Å². The highest BCUT2D eigenvalue weighted by Gasteiger charge is 2.15. The zero-order valence-corrected chi connectivity index (χ0v) is 15.1. The van der Waals surface area contributed by atoms with Crippen LogP contribution in [0, 0.1) is 0 Å². The number of likely N-dealkylation sites (N-methyl/N-ethyl adjacent to an activating group) is 1. The van der Waals surface area contributed by atoms with E-state index < -0.39 is 0 Å². The van der Waals surface area contributed by atoms with Gasteiger partial charge < -0.3 is 15.1 Å². The minimum Gasteiger partial charge on any atom is -0.356 e. The molecule has 2 aromatic heterocycles. The van der Waals surface area contributed by atoms with Gasteiger partial charge >= 0.3 is 0 Å². The van der Waals surface area contributed by atoms with Gasteiger partial charge in [-0.25, -0.2) is 4.98 Å². The van der Waals surface area contributed by atoms with Gasteiger partial charge in [0.25, 0.3) is 0 Å². The van der Waals surface area contributed by atoms with Crippen LogP contribution in [0.2, 0.25) is 0 Å². The van der Waals surface area contributed by atoms with E-state index in [1.807, 2.05) is 17.9 Å². The lowest BCUT2D eigenvalue weighted by molar-refractivity contribution is 0.188. The molecule has 4 rings (SSSR count). The van der Waals surface area contributed by atoms with Gasteiger partial charge in [0.2, 0.25) is 0 Å². The molecule has 0 bridgehead atoms. The Labute approximate surface area is 151 Å². The normalized spacial score (nSPS) is 15.5. The van der Waals surface area contributed by atoms with Crippen LogP contribution in [0.5, 0.6) is 0 Å². The number of hydrogen-bond donors (Lipinski definition) is 1. The van der Waals surface area contributed by atoms with Crippen molar-refractivity contribution in [3.63, 3.8) is 0 Å². The van der Waals surface area contributed by atoms with Crippen LogP contribution < -0.4 is 5.32 Å². The number of aromatic nitrogens is 2. The second-order valence-electron chi connectivity index (χ2n) is 6.36. The second-order valence-corrected chi connectivity index (χ2v) is 7.25. The third-order valence-corrected chi connectivity index (χ3v) is 5.42. The summed E-state index contributed by atoms with van der Waals surface area (Å²) in [6.45, 7) is 8.29. The maximum atomic E-state index is 4.53. The Bertz CT molecular complexity index is 882. The molecule has 0 aliphatic carbocycles. The average molecular weight is 351 g/mol. The van der Waals surface area contributed by atoms with Crippen LogP contribution in [0.3, 0.4) is 0 Å². The molecule has 1 fully saturated rings. The molecule has 0 amide bonds. The number of anilines is 1. The Kier molecular flexibility index (Phi) is 4.38. The Morgan fingerprint density at radius 3 is 2.72 bits per heavy atom. The molecular formula is C19H21N5S. The minimum absolute atomic E-state index is 0.831. The fourth-order valence-electron chi connectivity index (χ4n) is 3.02. The van der Waals surface area contributed by atoms with Crippen molar-refractivity contribution in [3.8, 4) is 10.4 Å². The van der Waals surface area contributed by atoms with E-state index in [1.54, 1.807) is 11.3 Å². The predicted molar refractivity (Wildman–Crippen MR) is 105 cm³/mol. The number of rotatable bonds is 4. The Balaban J connectivity index is 1.54. The summed E-state index contributed by atoms with van der Waals surface area (Å²) >= 11 is 1.65.